The highest BCUT2D eigenvalue weighted by atomic mass is 79.9. The van der Waals surface area contributed by atoms with Gasteiger partial charge in [0.2, 0.25) is 5.91 Å². The van der Waals surface area contributed by atoms with Crippen LogP contribution in [-0.2, 0) is 4.79 Å². The van der Waals surface area contributed by atoms with Crippen LogP contribution in [0.1, 0.15) is 28.6 Å². The van der Waals surface area contributed by atoms with Gasteiger partial charge in [-0.15, -0.1) is 11.3 Å². The van der Waals surface area contributed by atoms with Crippen LogP contribution in [0.4, 0.5) is 0 Å². The van der Waals surface area contributed by atoms with E-state index in [9.17, 15) is 9.59 Å². The minimum absolute atomic E-state index is 0.0907. The molecule has 1 aromatic heterocycles. The van der Waals surface area contributed by atoms with Crippen LogP contribution in [0.3, 0.4) is 0 Å². The fraction of sp³-hybridized carbons (Fsp3) is 0.500. The van der Waals surface area contributed by atoms with Crippen molar-refractivity contribution in [2.45, 2.75) is 20.3 Å². The molecule has 0 aromatic carbocycles. The van der Waals surface area contributed by atoms with E-state index >= 15 is 0 Å². The molecule has 0 aliphatic carbocycles. The van der Waals surface area contributed by atoms with Crippen LogP contribution in [-0.4, -0.2) is 36.9 Å². The summed E-state index contributed by atoms with van der Waals surface area (Å²) in [7, 11) is 1.64. The summed E-state index contributed by atoms with van der Waals surface area (Å²) in [6.45, 7) is 4.66. The van der Waals surface area contributed by atoms with Crippen molar-refractivity contribution in [3.63, 3.8) is 0 Å². The second-order valence-electron chi connectivity index (χ2n) is 4.08. The number of rotatable bonds is 5. The predicted molar refractivity (Wildman–Crippen MR) is 77.0 cm³/mol. The molecule has 100 valence electrons. The lowest BCUT2D eigenvalue weighted by molar-refractivity contribution is -0.121. The largest absolute Gasteiger partial charge is 0.355 e. The van der Waals surface area contributed by atoms with Gasteiger partial charge in [0.05, 0.1) is 15.2 Å². The van der Waals surface area contributed by atoms with E-state index in [2.05, 4.69) is 21.2 Å². The van der Waals surface area contributed by atoms with Crippen LogP contribution in [0.2, 0.25) is 0 Å². The number of hydrogen-bond acceptors (Lipinski definition) is 3. The van der Waals surface area contributed by atoms with Crippen molar-refractivity contribution in [1.82, 2.24) is 10.2 Å². The van der Waals surface area contributed by atoms with Gasteiger partial charge in [0, 0.05) is 13.6 Å². The van der Waals surface area contributed by atoms with Crippen LogP contribution < -0.4 is 5.32 Å². The van der Waals surface area contributed by atoms with E-state index < -0.39 is 0 Å². The van der Waals surface area contributed by atoms with Crippen LogP contribution in [0.25, 0.3) is 0 Å². The van der Waals surface area contributed by atoms with Crippen molar-refractivity contribution in [3.8, 4) is 0 Å². The summed E-state index contributed by atoms with van der Waals surface area (Å²) in [5.41, 5.74) is 1.03. The Balaban J connectivity index is 2.58. The average Bonchev–Trinajstić information content (AvgIpc) is 2.66. The Morgan fingerprint density at radius 1 is 1.50 bits per heavy atom. The molecule has 1 N–H and O–H groups in total. The summed E-state index contributed by atoms with van der Waals surface area (Å²) >= 11 is 4.78. The first-order valence-electron chi connectivity index (χ1n) is 5.73. The number of amides is 2. The van der Waals surface area contributed by atoms with E-state index in [0.29, 0.717) is 11.4 Å². The maximum absolute atomic E-state index is 12.1. The molecule has 6 heteroatoms. The van der Waals surface area contributed by atoms with E-state index in [-0.39, 0.29) is 18.4 Å². The molecule has 0 aliphatic rings. The number of halogens is 1. The van der Waals surface area contributed by atoms with E-state index in [1.165, 1.54) is 16.2 Å². The zero-order chi connectivity index (χ0) is 13.7. The molecule has 0 bridgehead atoms. The van der Waals surface area contributed by atoms with Crippen LogP contribution >= 0.6 is 27.3 Å². The fourth-order valence-electron chi connectivity index (χ4n) is 1.36. The monoisotopic (exact) mass is 332 g/mol. The highest BCUT2D eigenvalue weighted by molar-refractivity contribution is 9.11. The minimum Gasteiger partial charge on any atom is -0.355 e. The molecule has 2 amide bonds. The number of hydrogen-bond donors (Lipinski definition) is 1. The summed E-state index contributed by atoms with van der Waals surface area (Å²) in [6, 6.07) is 1.83. The van der Waals surface area contributed by atoms with E-state index in [1.54, 1.807) is 7.05 Å². The molecule has 0 fully saturated rings. The van der Waals surface area contributed by atoms with Gasteiger partial charge in [0.15, 0.2) is 0 Å². The highest BCUT2D eigenvalue weighted by Crippen LogP contribution is 2.27. The van der Waals surface area contributed by atoms with Gasteiger partial charge in [0.25, 0.3) is 5.91 Å². The maximum Gasteiger partial charge on any atom is 0.264 e. The van der Waals surface area contributed by atoms with Gasteiger partial charge in [-0.05, 0) is 40.9 Å². The third kappa shape index (κ3) is 4.10. The second kappa shape index (κ2) is 6.89. The Hall–Kier alpha value is -0.880. The lowest BCUT2D eigenvalue weighted by atomic mass is 10.3. The number of nitrogens with zero attached hydrogens (tertiary/aromatic N) is 1. The van der Waals surface area contributed by atoms with E-state index in [4.69, 9.17) is 0 Å². The number of nitrogens with one attached hydrogen (secondary N) is 1. The first-order valence-corrected chi connectivity index (χ1v) is 7.34. The normalized spacial score (nSPS) is 10.2. The Morgan fingerprint density at radius 2 is 2.17 bits per heavy atom. The fourth-order valence-corrected chi connectivity index (χ4v) is 2.89. The number of aryl methyl sites for hydroxylation is 1. The standard InChI is InChI=1S/C12H17BrN2O2S/c1-4-5-14-10(16)7-15(3)12(17)9-6-8(2)11(13)18-9/h6H,4-5,7H2,1-3H3,(H,14,16). The van der Waals surface area contributed by atoms with Gasteiger partial charge in [-0.1, -0.05) is 6.92 Å². The van der Waals surface area contributed by atoms with Gasteiger partial charge < -0.3 is 10.2 Å². The first-order chi connectivity index (χ1) is 8.45. The van der Waals surface area contributed by atoms with Crippen molar-refractivity contribution < 1.29 is 9.59 Å². The first kappa shape index (κ1) is 15.2. The molecule has 1 aromatic rings. The average molecular weight is 333 g/mol. The number of carbonyl (C=O) groups is 2. The lowest BCUT2D eigenvalue weighted by Gasteiger charge is -2.15. The predicted octanol–water partition coefficient (Wildman–Crippen LogP) is 2.42. The number of likely N-dealkylation sites (N-methyl/N-ethyl adjacent to an activating group) is 1. The van der Waals surface area contributed by atoms with Crippen LogP contribution in [0.5, 0.6) is 0 Å². The Morgan fingerprint density at radius 3 is 2.67 bits per heavy atom. The van der Waals surface area contributed by atoms with E-state index in [0.717, 1.165) is 15.8 Å². The molecule has 0 atom stereocenters. The van der Waals surface area contributed by atoms with Gasteiger partial charge in [-0.3, -0.25) is 9.59 Å². The molecule has 1 rings (SSSR count). The van der Waals surface area contributed by atoms with Gasteiger partial charge in [-0.2, -0.15) is 0 Å². The minimum atomic E-state index is -0.125. The maximum atomic E-state index is 12.1. The molecule has 0 unspecified atom stereocenters. The molecule has 0 saturated carbocycles. The number of thiophene rings is 1. The highest BCUT2D eigenvalue weighted by Gasteiger charge is 2.17. The molecule has 1 heterocycles. The van der Waals surface area contributed by atoms with Crippen molar-refractivity contribution >= 4 is 39.1 Å². The number of carbonyl (C=O) groups excluding carboxylic acids is 2. The van der Waals surface area contributed by atoms with Gasteiger partial charge >= 0.3 is 0 Å². The lowest BCUT2D eigenvalue weighted by Crippen LogP contribution is -2.38. The topological polar surface area (TPSA) is 49.4 Å². The Kier molecular flexibility index (Phi) is 5.81. The molecule has 0 aliphatic heterocycles. The second-order valence-corrected chi connectivity index (χ2v) is 6.45. The molecule has 0 radical (unpaired) electrons. The zero-order valence-electron chi connectivity index (χ0n) is 10.7. The van der Waals surface area contributed by atoms with E-state index in [1.807, 2.05) is 19.9 Å². The smallest absolute Gasteiger partial charge is 0.264 e. The molecule has 0 spiro atoms. The molecular formula is C12H17BrN2O2S. The van der Waals surface area contributed by atoms with Crippen LogP contribution in [0.15, 0.2) is 9.85 Å². The van der Waals surface area contributed by atoms with Crippen molar-refractivity contribution in [3.05, 3.63) is 20.3 Å². The summed E-state index contributed by atoms with van der Waals surface area (Å²) in [4.78, 5) is 25.6. The quantitative estimate of drug-likeness (QED) is 0.900. The molecule has 4 nitrogen and oxygen atoms in total. The van der Waals surface area contributed by atoms with Crippen molar-refractivity contribution in [1.29, 1.82) is 0 Å². The Labute approximate surface area is 119 Å². The van der Waals surface area contributed by atoms with Crippen LogP contribution in [0, 0.1) is 6.92 Å². The molecule has 0 saturated heterocycles. The van der Waals surface area contributed by atoms with Crippen molar-refractivity contribution in [2.75, 3.05) is 20.1 Å². The Bertz CT molecular complexity index is 426. The molecular weight excluding hydrogens is 316 g/mol. The summed E-state index contributed by atoms with van der Waals surface area (Å²) in [6.07, 6.45) is 0.889. The third-order valence-electron chi connectivity index (χ3n) is 2.37. The summed E-state index contributed by atoms with van der Waals surface area (Å²) in [5, 5.41) is 2.75. The SMILES string of the molecule is CCCNC(=O)CN(C)C(=O)c1cc(C)c(Br)s1. The molecule has 18 heavy (non-hydrogen) atoms. The van der Waals surface area contributed by atoms with Gasteiger partial charge in [0.1, 0.15) is 0 Å². The van der Waals surface area contributed by atoms with Gasteiger partial charge in [-0.25, -0.2) is 0 Å². The summed E-state index contributed by atoms with van der Waals surface area (Å²) < 4.78 is 0.953. The van der Waals surface area contributed by atoms with Crippen molar-refractivity contribution in [2.24, 2.45) is 0 Å². The third-order valence-corrected chi connectivity index (χ3v) is 4.49. The zero-order valence-corrected chi connectivity index (χ0v) is 13.2. The summed E-state index contributed by atoms with van der Waals surface area (Å²) in [5.74, 6) is -0.250.